The third-order valence-corrected chi connectivity index (χ3v) is 6.92. The summed E-state index contributed by atoms with van der Waals surface area (Å²) in [7, 11) is 1.66. The summed E-state index contributed by atoms with van der Waals surface area (Å²) in [5, 5.41) is 0. The van der Waals surface area contributed by atoms with E-state index in [-0.39, 0.29) is 18.0 Å². The Kier molecular flexibility index (Phi) is 5.88. The van der Waals surface area contributed by atoms with Gasteiger partial charge in [0.2, 0.25) is 0 Å². The lowest BCUT2D eigenvalue weighted by Gasteiger charge is -2.57. The molecule has 4 aliphatic carbocycles. The van der Waals surface area contributed by atoms with Gasteiger partial charge in [0, 0.05) is 18.2 Å². The maximum absolute atomic E-state index is 12.5. The normalized spacial score (nSPS) is 30.9. The van der Waals surface area contributed by atoms with E-state index in [4.69, 9.17) is 14.2 Å². The van der Waals surface area contributed by atoms with Crippen LogP contribution in [0.5, 0.6) is 5.75 Å². The van der Waals surface area contributed by atoms with E-state index in [1.807, 2.05) is 19.1 Å². The van der Waals surface area contributed by atoms with E-state index < -0.39 is 0 Å². The van der Waals surface area contributed by atoms with Gasteiger partial charge in [0.05, 0.1) is 13.2 Å². The predicted octanol–water partition coefficient (Wildman–Crippen LogP) is 4.91. The van der Waals surface area contributed by atoms with E-state index in [1.54, 1.807) is 19.3 Å². The topological polar surface area (TPSA) is 44.8 Å². The molecule has 0 spiro atoms. The number of carbonyl (C=O) groups is 1. The van der Waals surface area contributed by atoms with Gasteiger partial charge in [0.15, 0.2) is 12.6 Å². The first-order valence-corrected chi connectivity index (χ1v) is 10.6. The average molecular weight is 385 g/mol. The summed E-state index contributed by atoms with van der Waals surface area (Å²) in [5.74, 6) is 3.47. The third-order valence-electron chi connectivity index (χ3n) is 6.92. The first-order chi connectivity index (χ1) is 13.6. The zero-order valence-electron chi connectivity index (χ0n) is 17.1. The monoisotopic (exact) mass is 384 g/mol. The smallest absolute Gasteiger partial charge is 0.189 e. The second-order valence-corrected chi connectivity index (χ2v) is 8.94. The maximum atomic E-state index is 12.5. The second-order valence-electron chi connectivity index (χ2n) is 8.94. The fourth-order valence-corrected chi connectivity index (χ4v) is 6.22. The van der Waals surface area contributed by atoms with Crippen molar-refractivity contribution in [3.63, 3.8) is 0 Å². The molecule has 0 heterocycles. The van der Waals surface area contributed by atoms with E-state index in [0.717, 1.165) is 29.1 Å². The van der Waals surface area contributed by atoms with Crippen molar-refractivity contribution in [2.24, 2.45) is 17.8 Å². The molecule has 4 bridgehead atoms. The lowest BCUT2D eigenvalue weighted by Crippen LogP contribution is -2.48. The molecule has 4 fully saturated rings. The fourth-order valence-electron chi connectivity index (χ4n) is 6.22. The molecule has 1 aromatic carbocycles. The van der Waals surface area contributed by atoms with Crippen molar-refractivity contribution in [1.82, 2.24) is 0 Å². The first kappa shape index (κ1) is 19.7. The van der Waals surface area contributed by atoms with Crippen LogP contribution >= 0.6 is 0 Å². The molecule has 0 amide bonds. The van der Waals surface area contributed by atoms with Crippen molar-refractivity contribution < 1.29 is 19.0 Å². The molecule has 0 unspecified atom stereocenters. The zero-order valence-corrected chi connectivity index (χ0v) is 17.1. The van der Waals surface area contributed by atoms with E-state index in [9.17, 15) is 4.79 Å². The highest BCUT2D eigenvalue weighted by Gasteiger charge is 2.52. The Morgan fingerprint density at radius 1 is 1.11 bits per heavy atom. The summed E-state index contributed by atoms with van der Waals surface area (Å²) in [6.45, 7) is 3.17. The van der Waals surface area contributed by atoms with Crippen LogP contribution in [0.15, 0.2) is 30.4 Å². The van der Waals surface area contributed by atoms with Crippen molar-refractivity contribution in [2.45, 2.75) is 50.9 Å². The summed E-state index contributed by atoms with van der Waals surface area (Å²) in [5.41, 5.74) is 2.16. The van der Waals surface area contributed by atoms with Crippen LogP contribution in [-0.2, 0) is 14.9 Å². The number of benzene rings is 1. The van der Waals surface area contributed by atoms with E-state index in [2.05, 4.69) is 6.07 Å². The van der Waals surface area contributed by atoms with Crippen molar-refractivity contribution in [3.05, 3.63) is 41.5 Å². The minimum absolute atomic E-state index is 0.0661. The van der Waals surface area contributed by atoms with Gasteiger partial charge >= 0.3 is 0 Å². The molecular weight excluding hydrogens is 352 g/mol. The average Bonchev–Trinajstić information content (AvgIpc) is 2.67. The molecule has 0 aliphatic heterocycles. The van der Waals surface area contributed by atoms with Crippen molar-refractivity contribution in [3.8, 4) is 5.75 Å². The Hall–Kier alpha value is -1.65. The predicted molar refractivity (Wildman–Crippen MR) is 109 cm³/mol. The lowest BCUT2D eigenvalue weighted by atomic mass is 9.48. The minimum Gasteiger partial charge on any atom is -0.467 e. The van der Waals surface area contributed by atoms with E-state index in [1.165, 1.54) is 44.1 Å². The van der Waals surface area contributed by atoms with Gasteiger partial charge in [-0.2, -0.15) is 0 Å². The van der Waals surface area contributed by atoms with Crippen LogP contribution in [0.1, 0.15) is 61.4 Å². The Balaban J connectivity index is 1.62. The molecule has 4 nitrogen and oxygen atoms in total. The van der Waals surface area contributed by atoms with Crippen LogP contribution in [0.4, 0.5) is 0 Å². The number of ether oxygens (including phenoxy) is 3. The largest absolute Gasteiger partial charge is 0.467 e. The van der Waals surface area contributed by atoms with Crippen LogP contribution in [0.2, 0.25) is 0 Å². The first-order valence-electron chi connectivity index (χ1n) is 10.6. The Bertz CT molecular complexity index is 701. The number of allylic oxidation sites excluding steroid dienone is 2. The molecule has 0 saturated heterocycles. The zero-order chi connectivity index (χ0) is 19.6. The third kappa shape index (κ3) is 3.90. The highest BCUT2D eigenvalue weighted by Crippen LogP contribution is 2.61. The summed E-state index contributed by atoms with van der Waals surface area (Å²) in [6, 6.07) is 5.97. The molecule has 0 radical (unpaired) electrons. The van der Waals surface area contributed by atoms with Crippen LogP contribution < -0.4 is 4.74 Å². The van der Waals surface area contributed by atoms with Crippen molar-refractivity contribution >= 4 is 5.78 Å². The van der Waals surface area contributed by atoms with Gasteiger partial charge in [-0.3, -0.25) is 4.79 Å². The Labute approximate surface area is 168 Å². The molecule has 4 heteroatoms. The summed E-state index contributed by atoms with van der Waals surface area (Å²) in [4.78, 5) is 12.5. The van der Waals surface area contributed by atoms with Crippen LogP contribution in [0.25, 0.3) is 0 Å². The van der Waals surface area contributed by atoms with Crippen LogP contribution in [0.3, 0.4) is 0 Å². The highest BCUT2D eigenvalue weighted by atomic mass is 16.7. The molecule has 0 N–H and O–H groups in total. The number of carbonyl (C=O) groups excluding carboxylic acids is 1. The van der Waals surface area contributed by atoms with Gasteiger partial charge in [-0.05, 0) is 92.9 Å². The molecule has 4 saturated carbocycles. The summed E-state index contributed by atoms with van der Waals surface area (Å²) >= 11 is 0. The van der Waals surface area contributed by atoms with Gasteiger partial charge in [-0.1, -0.05) is 6.08 Å². The SMILES string of the molecule is C/C=C/C(=O)c1ccc(OCOCCOC)c(C23CC4CC(CC(C4)C2)C3)c1. The molecule has 4 aliphatic rings. The maximum Gasteiger partial charge on any atom is 0.189 e. The standard InChI is InChI=1S/C24H32O4/c1-3-4-22(25)20-5-6-23(28-16-27-8-7-26-2)21(12-20)24-13-17-9-18(14-24)11-19(10-17)15-24/h3-6,12,17-19H,7-11,13-16H2,1-2H3/b4-3+. The lowest BCUT2D eigenvalue weighted by molar-refractivity contribution is -0.0189. The Morgan fingerprint density at radius 2 is 1.79 bits per heavy atom. The van der Waals surface area contributed by atoms with E-state index >= 15 is 0 Å². The number of hydrogen-bond acceptors (Lipinski definition) is 4. The fraction of sp³-hybridized carbons (Fsp3) is 0.625. The molecule has 28 heavy (non-hydrogen) atoms. The van der Waals surface area contributed by atoms with Gasteiger partial charge < -0.3 is 14.2 Å². The molecule has 152 valence electrons. The number of ketones is 1. The number of hydrogen-bond donors (Lipinski definition) is 0. The highest BCUT2D eigenvalue weighted by molar-refractivity contribution is 6.04. The van der Waals surface area contributed by atoms with Crippen molar-refractivity contribution in [1.29, 1.82) is 0 Å². The molecule has 5 rings (SSSR count). The van der Waals surface area contributed by atoms with Gasteiger partial charge in [0.25, 0.3) is 0 Å². The molecular formula is C24H32O4. The number of rotatable bonds is 9. The minimum atomic E-state index is 0.0661. The van der Waals surface area contributed by atoms with Crippen LogP contribution in [0, 0.1) is 17.8 Å². The Morgan fingerprint density at radius 3 is 2.39 bits per heavy atom. The molecule has 0 atom stereocenters. The molecule has 1 aromatic rings. The van der Waals surface area contributed by atoms with Gasteiger partial charge in [0.1, 0.15) is 5.75 Å². The quantitative estimate of drug-likeness (QED) is 0.263. The van der Waals surface area contributed by atoms with Gasteiger partial charge in [-0.25, -0.2) is 0 Å². The van der Waals surface area contributed by atoms with Crippen molar-refractivity contribution in [2.75, 3.05) is 27.1 Å². The second kappa shape index (κ2) is 8.38. The van der Waals surface area contributed by atoms with Crippen LogP contribution in [-0.4, -0.2) is 32.9 Å². The summed E-state index contributed by atoms with van der Waals surface area (Å²) < 4.78 is 16.6. The molecule has 0 aromatic heterocycles. The number of methoxy groups -OCH3 is 1. The summed E-state index contributed by atoms with van der Waals surface area (Å²) in [6.07, 6.45) is 11.4. The van der Waals surface area contributed by atoms with Gasteiger partial charge in [-0.15, -0.1) is 0 Å². The van der Waals surface area contributed by atoms with E-state index in [0.29, 0.717) is 13.2 Å².